The molecule has 0 aromatic heterocycles. The van der Waals surface area contributed by atoms with Crippen molar-refractivity contribution in [2.24, 2.45) is 5.92 Å². The molecule has 1 aromatic rings. The lowest BCUT2D eigenvalue weighted by atomic mass is 10.1. The zero-order valence-corrected chi connectivity index (χ0v) is 12.8. The van der Waals surface area contributed by atoms with Crippen LogP contribution in [0.2, 0.25) is 0 Å². The fourth-order valence-electron chi connectivity index (χ4n) is 2.19. The van der Waals surface area contributed by atoms with Gasteiger partial charge in [0.05, 0.1) is 18.9 Å². The molecule has 21 heavy (non-hydrogen) atoms. The number of likely N-dealkylation sites (tertiary alicyclic amines) is 1. The molecule has 1 N–H and O–H groups in total. The van der Waals surface area contributed by atoms with Gasteiger partial charge in [-0.3, -0.25) is 9.59 Å². The van der Waals surface area contributed by atoms with Crippen LogP contribution in [0.4, 0.5) is 4.39 Å². The monoisotopic (exact) mass is 359 g/mol. The van der Waals surface area contributed by atoms with Crippen LogP contribution in [-0.2, 0) is 9.59 Å². The number of halogens is 2. The summed E-state index contributed by atoms with van der Waals surface area (Å²) in [5.74, 6) is -1.94. The van der Waals surface area contributed by atoms with Crippen LogP contribution in [0.15, 0.2) is 22.7 Å². The fourth-order valence-corrected chi connectivity index (χ4v) is 2.52. The normalized spacial score (nSPS) is 17.8. The van der Waals surface area contributed by atoms with Gasteiger partial charge in [-0.25, -0.2) is 4.39 Å². The molecule has 114 valence electrons. The van der Waals surface area contributed by atoms with E-state index in [0.29, 0.717) is 17.4 Å². The third kappa shape index (κ3) is 4.17. The molecule has 5 nitrogen and oxygen atoms in total. The molecule has 0 unspecified atom stereocenters. The summed E-state index contributed by atoms with van der Waals surface area (Å²) in [6.45, 7) is 0.745. The van der Waals surface area contributed by atoms with E-state index < -0.39 is 17.7 Å². The van der Waals surface area contributed by atoms with Crippen molar-refractivity contribution < 1.29 is 23.8 Å². The van der Waals surface area contributed by atoms with Crippen LogP contribution in [0.25, 0.3) is 0 Å². The van der Waals surface area contributed by atoms with E-state index in [-0.39, 0.29) is 31.2 Å². The van der Waals surface area contributed by atoms with Gasteiger partial charge in [0, 0.05) is 17.6 Å². The molecule has 0 aliphatic carbocycles. The van der Waals surface area contributed by atoms with E-state index in [2.05, 4.69) is 15.9 Å². The van der Waals surface area contributed by atoms with Gasteiger partial charge in [0.1, 0.15) is 0 Å². The number of carboxylic acids is 1. The number of rotatable bonds is 5. The van der Waals surface area contributed by atoms with Crippen LogP contribution < -0.4 is 4.74 Å². The van der Waals surface area contributed by atoms with Crippen LogP contribution in [0.5, 0.6) is 5.75 Å². The van der Waals surface area contributed by atoms with Crippen LogP contribution in [0, 0.1) is 11.7 Å². The second-order valence-corrected chi connectivity index (χ2v) is 5.75. The largest absolute Gasteiger partial charge is 0.490 e. The number of hydrogen-bond acceptors (Lipinski definition) is 3. The fraction of sp³-hybridized carbons (Fsp3) is 0.429. The van der Waals surface area contributed by atoms with Crippen molar-refractivity contribution >= 4 is 27.8 Å². The number of amides is 1. The number of benzene rings is 1. The highest BCUT2D eigenvalue weighted by Crippen LogP contribution is 2.22. The minimum Gasteiger partial charge on any atom is -0.490 e. The van der Waals surface area contributed by atoms with Crippen molar-refractivity contribution in [1.82, 2.24) is 4.90 Å². The summed E-state index contributed by atoms with van der Waals surface area (Å²) in [6, 6.07) is 4.42. The van der Waals surface area contributed by atoms with Crippen molar-refractivity contribution in [3.63, 3.8) is 0 Å². The van der Waals surface area contributed by atoms with Gasteiger partial charge in [-0.05, 0) is 24.6 Å². The Bertz CT molecular complexity index is 552. The number of carbonyl (C=O) groups is 2. The molecule has 0 spiro atoms. The van der Waals surface area contributed by atoms with E-state index in [9.17, 15) is 14.0 Å². The maximum Gasteiger partial charge on any atom is 0.308 e. The van der Waals surface area contributed by atoms with E-state index in [1.807, 2.05) is 0 Å². The summed E-state index contributed by atoms with van der Waals surface area (Å²) < 4.78 is 19.3. The molecule has 1 atom stereocenters. The van der Waals surface area contributed by atoms with Crippen LogP contribution in [0.1, 0.15) is 12.8 Å². The van der Waals surface area contributed by atoms with Crippen molar-refractivity contribution in [3.8, 4) is 5.75 Å². The van der Waals surface area contributed by atoms with E-state index >= 15 is 0 Å². The van der Waals surface area contributed by atoms with E-state index in [0.717, 1.165) is 0 Å². The van der Waals surface area contributed by atoms with Gasteiger partial charge < -0.3 is 14.7 Å². The Labute approximate surface area is 129 Å². The number of carboxylic acid groups (broad SMARTS) is 1. The third-order valence-electron chi connectivity index (χ3n) is 3.36. The van der Waals surface area contributed by atoms with E-state index in [1.165, 1.54) is 17.0 Å². The smallest absolute Gasteiger partial charge is 0.308 e. The summed E-state index contributed by atoms with van der Waals surface area (Å²) in [7, 11) is 0. The minimum absolute atomic E-state index is 0.0611. The lowest BCUT2D eigenvalue weighted by molar-refractivity contribution is -0.141. The van der Waals surface area contributed by atoms with Crippen LogP contribution in [0.3, 0.4) is 0 Å². The predicted octanol–water partition coefficient (Wildman–Crippen LogP) is 2.29. The number of carbonyl (C=O) groups excluding carboxylic acids is 1. The Morgan fingerprint density at radius 1 is 1.48 bits per heavy atom. The predicted molar refractivity (Wildman–Crippen MR) is 76.5 cm³/mol. The zero-order chi connectivity index (χ0) is 15.4. The van der Waals surface area contributed by atoms with Crippen molar-refractivity contribution in [3.05, 3.63) is 28.5 Å². The Hall–Kier alpha value is -1.63. The van der Waals surface area contributed by atoms with E-state index in [1.54, 1.807) is 6.07 Å². The zero-order valence-electron chi connectivity index (χ0n) is 11.2. The molecule has 1 aromatic carbocycles. The van der Waals surface area contributed by atoms with Crippen molar-refractivity contribution in [2.75, 3.05) is 19.7 Å². The molecule has 0 saturated carbocycles. The van der Waals surface area contributed by atoms with Gasteiger partial charge in [0.2, 0.25) is 5.91 Å². The highest BCUT2D eigenvalue weighted by atomic mass is 79.9. The Morgan fingerprint density at radius 2 is 2.24 bits per heavy atom. The lowest BCUT2D eigenvalue weighted by Crippen LogP contribution is -2.30. The summed E-state index contributed by atoms with van der Waals surface area (Å²) >= 11 is 3.15. The van der Waals surface area contributed by atoms with Gasteiger partial charge in [-0.2, -0.15) is 0 Å². The van der Waals surface area contributed by atoms with Gasteiger partial charge in [0.15, 0.2) is 11.6 Å². The molecule has 1 heterocycles. The molecule has 0 radical (unpaired) electrons. The molecule has 2 rings (SSSR count). The molecule has 0 bridgehead atoms. The first-order chi connectivity index (χ1) is 9.97. The first-order valence-electron chi connectivity index (χ1n) is 6.56. The van der Waals surface area contributed by atoms with Crippen molar-refractivity contribution in [1.29, 1.82) is 0 Å². The molecular formula is C14H15BrFNO4. The first kappa shape index (κ1) is 15.8. The average Bonchev–Trinajstić information content (AvgIpc) is 2.91. The number of hydrogen-bond donors (Lipinski definition) is 1. The van der Waals surface area contributed by atoms with Gasteiger partial charge in [-0.15, -0.1) is 0 Å². The van der Waals surface area contributed by atoms with E-state index in [4.69, 9.17) is 9.84 Å². The summed E-state index contributed by atoms with van der Waals surface area (Å²) in [5, 5.41) is 8.88. The summed E-state index contributed by atoms with van der Waals surface area (Å²) in [6.07, 6.45) is 0.575. The highest BCUT2D eigenvalue weighted by Gasteiger charge is 2.30. The molecule has 7 heteroatoms. The molecule has 1 fully saturated rings. The van der Waals surface area contributed by atoms with Crippen LogP contribution >= 0.6 is 15.9 Å². The summed E-state index contributed by atoms with van der Waals surface area (Å²) in [4.78, 5) is 24.2. The quantitative estimate of drug-likeness (QED) is 0.875. The Balaban J connectivity index is 1.78. The SMILES string of the molecule is O=C(O)[C@@H]1CCN(C(=O)CCOc2ccc(Br)cc2F)C1. The second-order valence-electron chi connectivity index (χ2n) is 4.84. The molecule has 1 aliphatic heterocycles. The molecule has 1 saturated heterocycles. The van der Waals surface area contributed by atoms with Gasteiger partial charge in [-0.1, -0.05) is 15.9 Å². The van der Waals surface area contributed by atoms with Gasteiger partial charge >= 0.3 is 5.97 Å². The second kappa shape index (κ2) is 6.89. The minimum atomic E-state index is -0.876. The first-order valence-corrected chi connectivity index (χ1v) is 7.35. The maximum absolute atomic E-state index is 13.5. The average molecular weight is 360 g/mol. The standard InChI is InChI=1S/C14H15BrFNO4/c15-10-1-2-12(11(16)7-10)21-6-4-13(18)17-5-3-9(8-17)14(19)20/h1-2,7,9H,3-6,8H2,(H,19,20)/t9-/m1/s1. The van der Waals surface area contributed by atoms with Crippen molar-refractivity contribution in [2.45, 2.75) is 12.8 Å². The van der Waals surface area contributed by atoms with Crippen LogP contribution in [-0.4, -0.2) is 41.6 Å². The third-order valence-corrected chi connectivity index (χ3v) is 3.85. The maximum atomic E-state index is 13.5. The number of nitrogens with zero attached hydrogens (tertiary/aromatic N) is 1. The lowest BCUT2D eigenvalue weighted by Gasteiger charge is -2.16. The summed E-state index contributed by atoms with van der Waals surface area (Å²) in [5.41, 5.74) is 0. The molecule has 1 aliphatic rings. The number of ether oxygens (including phenoxy) is 1. The Kier molecular flexibility index (Phi) is 5.17. The highest BCUT2D eigenvalue weighted by molar-refractivity contribution is 9.10. The Morgan fingerprint density at radius 3 is 2.86 bits per heavy atom. The van der Waals surface area contributed by atoms with Gasteiger partial charge in [0.25, 0.3) is 0 Å². The molecular weight excluding hydrogens is 345 g/mol. The molecule has 1 amide bonds. The topological polar surface area (TPSA) is 66.8 Å². The number of aliphatic carboxylic acids is 1.